The first-order valence-electron chi connectivity index (χ1n) is 7.95. The highest BCUT2D eigenvalue weighted by molar-refractivity contribution is 6.12. The van der Waals surface area contributed by atoms with Crippen LogP contribution < -0.4 is 4.74 Å². The van der Waals surface area contributed by atoms with Crippen LogP contribution in [0.5, 0.6) is 5.75 Å². The second-order valence-electron chi connectivity index (χ2n) is 5.84. The maximum Gasteiger partial charge on any atom is 0.341 e. The Bertz CT molecular complexity index is 1000. The van der Waals surface area contributed by atoms with Gasteiger partial charge < -0.3 is 13.9 Å². The highest BCUT2D eigenvalue weighted by Crippen LogP contribution is 2.30. The van der Waals surface area contributed by atoms with Gasteiger partial charge in [0.05, 0.1) is 16.6 Å². The van der Waals surface area contributed by atoms with E-state index in [4.69, 9.17) is 14.7 Å². The number of aromatic nitrogens is 1. The van der Waals surface area contributed by atoms with Crippen molar-refractivity contribution in [3.05, 3.63) is 59.8 Å². The van der Waals surface area contributed by atoms with Gasteiger partial charge in [0.15, 0.2) is 6.61 Å². The van der Waals surface area contributed by atoms with Crippen LogP contribution in [-0.2, 0) is 4.74 Å². The molecule has 0 atom stereocenters. The molecule has 0 aliphatic carbocycles. The lowest BCUT2D eigenvalue weighted by molar-refractivity contribution is 0.0553. The topological polar surface area (TPSA) is 63.7 Å². The van der Waals surface area contributed by atoms with Crippen LogP contribution in [0.4, 0.5) is 0 Å². The van der Waals surface area contributed by atoms with E-state index in [1.54, 1.807) is 6.07 Å². The minimum absolute atomic E-state index is 0.0214. The van der Waals surface area contributed by atoms with Gasteiger partial charge in [-0.05, 0) is 44.2 Å². The van der Waals surface area contributed by atoms with Crippen LogP contribution in [0, 0.1) is 11.3 Å². The Hall–Kier alpha value is -3.26. The third-order valence-electron chi connectivity index (χ3n) is 3.83. The Morgan fingerprint density at radius 1 is 1.24 bits per heavy atom. The lowest BCUT2D eigenvalue weighted by atomic mass is 10.1. The number of nitriles is 1. The molecule has 0 unspecified atom stereocenters. The molecular weight excluding hydrogens is 316 g/mol. The highest BCUT2D eigenvalue weighted by Gasteiger charge is 2.19. The van der Waals surface area contributed by atoms with Crippen molar-refractivity contribution >= 4 is 22.4 Å². The van der Waals surface area contributed by atoms with Gasteiger partial charge in [0, 0.05) is 17.6 Å². The Labute approximate surface area is 145 Å². The van der Waals surface area contributed by atoms with Gasteiger partial charge in [-0.1, -0.05) is 11.6 Å². The lowest BCUT2D eigenvalue weighted by Crippen LogP contribution is -2.05. The van der Waals surface area contributed by atoms with E-state index in [1.807, 2.05) is 66.9 Å². The molecule has 0 saturated heterocycles. The number of esters is 1. The summed E-state index contributed by atoms with van der Waals surface area (Å²) in [6.45, 7) is 4.14. The van der Waals surface area contributed by atoms with Gasteiger partial charge >= 0.3 is 5.97 Å². The molecule has 0 amide bonds. The molecule has 3 rings (SSSR count). The predicted octanol–water partition coefficient (Wildman–Crippen LogP) is 4.12. The Morgan fingerprint density at radius 3 is 2.84 bits per heavy atom. The second kappa shape index (κ2) is 7.10. The van der Waals surface area contributed by atoms with Gasteiger partial charge in [0.25, 0.3) is 0 Å². The summed E-state index contributed by atoms with van der Waals surface area (Å²) < 4.78 is 12.7. The van der Waals surface area contributed by atoms with E-state index in [2.05, 4.69) is 0 Å². The molecule has 2 aromatic heterocycles. The molecular formula is C20H18N2O3. The predicted molar refractivity (Wildman–Crippen MR) is 95.7 cm³/mol. The zero-order valence-electron chi connectivity index (χ0n) is 14.2. The number of pyridine rings is 1. The van der Waals surface area contributed by atoms with Gasteiger partial charge in [0.1, 0.15) is 18.4 Å². The molecule has 1 aromatic carbocycles. The smallest absolute Gasteiger partial charge is 0.341 e. The summed E-state index contributed by atoms with van der Waals surface area (Å²) in [7, 11) is 0. The number of rotatable bonds is 5. The van der Waals surface area contributed by atoms with Crippen LogP contribution in [0.3, 0.4) is 0 Å². The summed E-state index contributed by atoms with van der Waals surface area (Å²) in [4.78, 5) is 12.6. The number of fused-ring (bicyclic) bond motifs is 3. The first kappa shape index (κ1) is 16.6. The van der Waals surface area contributed by atoms with Crippen LogP contribution in [0.15, 0.2) is 54.2 Å². The molecule has 3 aromatic rings. The molecule has 0 saturated carbocycles. The normalized spacial score (nSPS) is 10.4. The molecule has 0 N–H and O–H groups in total. The first-order valence-corrected chi connectivity index (χ1v) is 7.95. The second-order valence-corrected chi connectivity index (χ2v) is 5.84. The molecule has 25 heavy (non-hydrogen) atoms. The summed E-state index contributed by atoms with van der Waals surface area (Å²) in [6.07, 6.45) is 3.75. The fourth-order valence-electron chi connectivity index (χ4n) is 2.69. The number of ether oxygens (including phenoxy) is 2. The van der Waals surface area contributed by atoms with E-state index < -0.39 is 0 Å². The van der Waals surface area contributed by atoms with Crippen molar-refractivity contribution in [2.45, 2.75) is 13.8 Å². The number of benzene rings is 1. The van der Waals surface area contributed by atoms with Crippen LogP contribution in [-0.4, -0.2) is 23.6 Å². The Morgan fingerprint density at radius 2 is 2.08 bits per heavy atom. The van der Waals surface area contributed by atoms with Crippen LogP contribution in [0.2, 0.25) is 0 Å². The van der Waals surface area contributed by atoms with Gasteiger partial charge in [-0.2, -0.15) is 5.26 Å². The monoisotopic (exact) mass is 334 g/mol. The molecule has 0 aliphatic heterocycles. The number of allylic oxidation sites excluding steroid dienone is 1. The highest BCUT2D eigenvalue weighted by atomic mass is 16.5. The largest absolute Gasteiger partial charge is 0.479 e. The number of carbonyl (C=O) groups excluding carboxylic acids is 1. The van der Waals surface area contributed by atoms with E-state index >= 15 is 0 Å². The zero-order chi connectivity index (χ0) is 17.8. The minimum Gasteiger partial charge on any atom is -0.479 e. The molecule has 2 heterocycles. The van der Waals surface area contributed by atoms with Crippen molar-refractivity contribution in [1.29, 1.82) is 5.26 Å². The Kier molecular flexibility index (Phi) is 4.71. The summed E-state index contributed by atoms with van der Waals surface area (Å²) in [6, 6.07) is 13.0. The fourth-order valence-corrected chi connectivity index (χ4v) is 2.69. The molecule has 0 radical (unpaired) electrons. The first-order chi connectivity index (χ1) is 12.1. The third-order valence-corrected chi connectivity index (χ3v) is 3.83. The van der Waals surface area contributed by atoms with E-state index in [9.17, 15) is 4.79 Å². The average Bonchev–Trinajstić information content (AvgIpc) is 2.93. The zero-order valence-corrected chi connectivity index (χ0v) is 14.2. The third kappa shape index (κ3) is 3.33. The maximum absolute atomic E-state index is 12.6. The molecule has 0 spiro atoms. The van der Waals surface area contributed by atoms with Crippen molar-refractivity contribution in [1.82, 2.24) is 4.40 Å². The molecule has 0 aliphatic rings. The van der Waals surface area contributed by atoms with Crippen LogP contribution >= 0.6 is 0 Å². The van der Waals surface area contributed by atoms with E-state index in [-0.39, 0.29) is 19.2 Å². The van der Waals surface area contributed by atoms with E-state index in [0.717, 1.165) is 22.0 Å². The quantitative estimate of drug-likeness (QED) is 0.520. The summed E-state index contributed by atoms with van der Waals surface area (Å²) in [5.41, 5.74) is 3.24. The van der Waals surface area contributed by atoms with Crippen molar-refractivity contribution < 1.29 is 14.3 Å². The summed E-state index contributed by atoms with van der Waals surface area (Å²) >= 11 is 0. The van der Waals surface area contributed by atoms with Crippen molar-refractivity contribution in [3.63, 3.8) is 0 Å². The van der Waals surface area contributed by atoms with Crippen molar-refractivity contribution in [2.24, 2.45) is 0 Å². The van der Waals surface area contributed by atoms with Crippen molar-refractivity contribution in [2.75, 3.05) is 13.2 Å². The Balaban J connectivity index is 2.08. The number of nitrogens with zero attached hydrogens (tertiary/aromatic N) is 2. The summed E-state index contributed by atoms with van der Waals surface area (Å²) in [5.74, 6) is 0.226. The standard InChI is InChI=1S/C20H18N2O3/c1-14(2)8-11-25-20(23)19-16-7-6-15(24-12-9-21)13-18(16)22-10-4-3-5-17(19)22/h3-8,10,13H,11-12H2,1-2H3. The average molecular weight is 334 g/mol. The van der Waals surface area contributed by atoms with Crippen LogP contribution in [0.25, 0.3) is 16.4 Å². The minimum atomic E-state index is -0.359. The van der Waals surface area contributed by atoms with Gasteiger partial charge in [-0.3, -0.25) is 0 Å². The molecule has 0 bridgehead atoms. The van der Waals surface area contributed by atoms with Gasteiger partial charge in [-0.15, -0.1) is 0 Å². The lowest BCUT2D eigenvalue weighted by Gasteiger charge is -2.03. The van der Waals surface area contributed by atoms with Crippen LogP contribution in [0.1, 0.15) is 24.2 Å². The van der Waals surface area contributed by atoms with E-state index in [1.165, 1.54) is 0 Å². The molecule has 126 valence electrons. The molecule has 5 heteroatoms. The molecule has 5 nitrogen and oxygen atoms in total. The maximum atomic E-state index is 12.6. The number of hydrogen-bond acceptors (Lipinski definition) is 4. The fraction of sp³-hybridized carbons (Fsp3) is 0.200. The van der Waals surface area contributed by atoms with Crippen molar-refractivity contribution in [3.8, 4) is 11.8 Å². The number of hydrogen-bond donors (Lipinski definition) is 0. The summed E-state index contributed by atoms with van der Waals surface area (Å²) in [5, 5.41) is 9.45. The van der Waals surface area contributed by atoms with Gasteiger partial charge in [-0.25, -0.2) is 4.79 Å². The van der Waals surface area contributed by atoms with E-state index in [0.29, 0.717) is 11.3 Å². The SMILES string of the molecule is CC(C)=CCOC(=O)c1c2ccc(OCC#N)cc2n2ccccc12. The van der Waals surface area contributed by atoms with Gasteiger partial charge in [0.2, 0.25) is 0 Å². The number of carbonyl (C=O) groups is 1. The molecule has 0 fully saturated rings.